The van der Waals surface area contributed by atoms with Crippen LogP contribution < -0.4 is 0 Å². The molecule has 0 saturated carbocycles. The largest absolute Gasteiger partial charge is 0.418 e. The van der Waals surface area contributed by atoms with E-state index in [0.29, 0.717) is 24.1 Å². The van der Waals surface area contributed by atoms with Crippen molar-refractivity contribution < 1.29 is 12.8 Å². The summed E-state index contributed by atoms with van der Waals surface area (Å²) in [5, 5.41) is 10.0. The summed E-state index contributed by atoms with van der Waals surface area (Å²) >= 11 is 1.56. The molecular formula is C14H17N3O3S2. The molecule has 0 aliphatic carbocycles. The fraction of sp³-hybridized carbons (Fsp3) is 0.571. The van der Waals surface area contributed by atoms with E-state index in [4.69, 9.17) is 4.42 Å². The van der Waals surface area contributed by atoms with Crippen LogP contribution in [-0.2, 0) is 9.84 Å². The summed E-state index contributed by atoms with van der Waals surface area (Å²) in [6.45, 7) is 3.37. The first-order valence-electron chi connectivity index (χ1n) is 7.37. The first kappa shape index (κ1) is 14.3. The van der Waals surface area contributed by atoms with Gasteiger partial charge in [0.15, 0.2) is 9.84 Å². The normalized spacial score (nSPS) is 28.8. The summed E-state index contributed by atoms with van der Waals surface area (Å²) in [4.78, 5) is 3.10. The molecule has 2 aliphatic rings. The zero-order valence-electron chi connectivity index (χ0n) is 12.2. The SMILES string of the molecule is CC(c1nnc(-c2cccs2)o1)N1C[C@@H]2CCS(=O)(=O)[C@@H]2C1. The zero-order valence-corrected chi connectivity index (χ0v) is 13.8. The molecule has 0 spiro atoms. The average Bonchev–Trinajstić information content (AvgIpc) is 3.24. The van der Waals surface area contributed by atoms with Crippen LogP contribution in [0.25, 0.3) is 10.8 Å². The maximum Gasteiger partial charge on any atom is 0.257 e. The van der Waals surface area contributed by atoms with Crippen molar-refractivity contribution in [3.63, 3.8) is 0 Å². The highest BCUT2D eigenvalue weighted by Crippen LogP contribution is 2.37. The van der Waals surface area contributed by atoms with E-state index in [9.17, 15) is 8.42 Å². The molecule has 3 atom stereocenters. The van der Waals surface area contributed by atoms with Gasteiger partial charge in [-0.2, -0.15) is 0 Å². The third-order valence-electron chi connectivity index (χ3n) is 4.72. The van der Waals surface area contributed by atoms with Gasteiger partial charge in [-0.3, -0.25) is 4.90 Å². The molecule has 6 nitrogen and oxygen atoms in total. The molecule has 2 saturated heterocycles. The Balaban J connectivity index is 1.52. The lowest BCUT2D eigenvalue weighted by Crippen LogP contribution is -2.29. The van der Waals surface area contributed by atoms with Crippen LogP contribution in [0.4, 0.5) is 0 Å². The number of likely N-dealkylation sites (tertiary alicyclic amines) is 1. The predicted octanol–water partition coefficient (Wildman–Crippen LogP) is 1.98. The topological polar surface area (TPSA) is 76.3 Å². The number of hydrogen-bond donors (Lipinski definition) is 0. The first-order chi connectivity index (χ1) is 10.5. The van der Waals surface area contributed by atoms with E-state index in [2.05, 4.69) is 15.1 Å². The smallest absolute Gasteiger partial charge is 0.257 e. The minimum absolute atomic E-state index is 0.0537. The van der Waals surface area contributed by atoms with Crippen LogP contribution in [-0.4, -0.2) is 47.6 Å². The maximum atomic E-state index is 12.0. The molecule has 0 radical (unpaired) electrons. The molecule has 118 valence electrons. The van der Waals surface area contributed by atoms with Crippen LogP contribution in [0.5, 0.6) is 0 Å². The van der Waals surface area contributed by atoms with Gasteiger partial charge >= 0.3 is 0 Å². The molecule has 0 N–H and O–H groups in total. The van der Waals surface area contributed by atoms with E-state index >= 15 is 0 Å². The average molecular weight is 339 g/mol. The van der Waals surface area contributed by atoms with Crippen LogP contribution in [0.3, 0.4) is 0 Å². The highest BCUT2D eigenvalue weighted by Gasteiger charge is 2.47. The van der Waals surface area contributed by atoms with Gasteiger partial charge in [0, 0.05) is 13.1 Å². The summed E-state index contributed by atoms with van der Waals surface area (Å²) in [5.41, 5.74) is 0. The molecule has 2 aromatic heterocycles. The molecule has 4 rings (SSSR count). The van der Waals surface area contributed by atoms with Gasteiger partial charge in [0.05, 0.1) is 21.9 Å². The summed E-state index contributed by atoms with van der Waals surface area (Å²) in [5.74, 6) is 1.69. The van der Waals surface area contributed by atoms with E-state index in [1.165, 1.54) is 0 Å². The van der Waals surface area contributed by atoms with Crippen LogP contribution in [0.15, 0.2) is 21.9 Å². The molecule has 1 unspecified atom stereocenters. The zero-order chi connectivity index (χ0) is 15.3. The van der Waals surface area contributed by atoms with Gasteiger partial charge in [-0.15, -0.1) is 21.5 Å². The Morgan fingerprint density at radius 2 is 2.27 bits per heavy atom. The van der Waals surface area contributed by atoms with Crippen LogP contribution in [0.1, 0.15) is 25.3 Å². The molecular weight excluding hydrogens is 322 g/mol. The lowest BCUT2D eigenvalue weighted by Gasteiger charge is -2.21. The molecule has 2 fully saturated rings. The highest BCUT2D eigenvalue weighted by atomic mass is 32.2. The molecule has 8 heteroatoms. The van der Waals surface area contributed by atoms with Crippen molar-refractivity contribution in [2.45, 2.75) is 24.6 Å². The molecule has 0 aromatic carbocycles. The van der Waals surface area contributed by atoms with Crippen LogP contribution in [0.2, 0.25) is 0 Å². The Morgan fingerprint density at radius 1 is 1.41 bits per heavy atom. The molecule has 2 aliphatic heterocycles. The molecule has 4 heterocycles. The monoisotopic (exact) mass is 339 g/mol. The van der Waals surface area contributed by atoms with Gasteiger partial charge < -0.3 is 4.42 Å². The Labute approximate surface area is 133 Å². The number of nitrogens with zero attached hydrogens (tertiary/aromatic N) is 3. The van der Waals surface area contributed by atoms with Crippen molar-refractivity contribution >= 4 is 21.2 Å². The van der Waals surface area contributed by atoms with E-state index in [-0.39, 0.29) is 17.2 Å². The van der Waals surface area contributed by atoms with Gasteiger partial charge in [-0.05, 0) is 30.7 Å². The molecule has 0 amide bonds. The predicted molar refractivity (Wildman–Crippen MR) is 83.3 cm³/mol. The number of thiophene rings is 1. The van der Waals surface area contributed by atoms with Gasteiger partial charge in [0.2, 0.25) is 5.89 Å². The van der Waals surface area contributed by atoms with Gasteiger partial charge in [0.1, 0.15) is 0 Å². The van der Waals surface area contributed by atoms with E-state index in [1.807, 2.05) is 24.4 Å². The second-order valence-electron chi connectivity index (χ2n) is 6.01. The number of rotatable bonds is 3. The van der Waals surface area contributed by atoms with Crippen molar-refractivity contribution in [3.8, 4) is 10.8 Å². The van der Waals surface area contributed by atoms with E-state index < -0.39 is 9.84 Å². The van der Waals surface area contributed by atoms with E-state index in [0.717, 1.165) is 17.8 Å². The third kappa shape index (κ3) is 2.29. The second-order valence-corrected chi connectivity index (χ2v) is 9.29. The summed E-state index contributed by atoms with van der Waals surface area (Å²) in [6.07, 6.45) is 0.778. The molecule has 22 heavy (non-hydrogen) atoms. The minimum Gasteiger partial charge on any atom is -0.418 e. The summed E-state index contributed by atoms with van der Waals surface area (Å²) < 4.78 is 29.8. The Hall–Kier alpha value is -1.25. The van der Waals surface area contributed by atoms with Crippen molar-refractivity contribution in [2.24, 2.45) is 5.92 Å². The second kappa shape index (κ2) is 5.14. The minimum atomic E-state index is -2.91. The van der Waals surface area contributed by atoms with Gasteiger partial charge in [0.25, 0.3) is 5.89 Å². The first-order valence-corrected chi connectivity index (χ1v) is 9.97. The van der Waals surface area contributed by atoms with Gasteiger partial charge in [-0.1, -0.05) is 6.07 Å². The Morgan fingerprint density at radius 3 is 3.00 bits per heavy atom. The fourth-order valence-corrected chi connectivity index (χ4v) is 6.21. The number of sulfone groups is 1. The van der Waals surface area contributed by atoms with Crippen molar-refractivity contribution in [2.75, 3.05) is 18.8 Å². The van der Waals surface area contributed by atoms with Crippen LogP contribution in [0, 0.1) is 5.92 Å². The molecule has 0 bridgehead atoms. The van der Waals surface area contributed by atoms with E-state index in [1.54, 1.807) is 11.3 Å². The number of hydrogen-bond acceptors (Lipinski definition) is 7. The maximum absolute atomic E-state index is 12.0. The third-order valence-corrected chi connectivity index (χ3v) is 7.84. The Kier molecular flexibility index (Phi) is 3.35. The van der Waals surface area contributed by atoms with Gasteiger partial charge in [-0.25, -0.2) is 8.42 Å². The number of aromatic nitrogens is 2. The lowest BCUT2D eigenvalue weighted by atomic mass is 10.1. The fourth-order valence-electron chi connectivity index (χ4n) is 3.40. The summed E-state index contributed by atoms with van der Waals surface area (Å²) in [6, 6.07) is 3.83. The molecule has 2 aromatic rings. The lowest BCUT2D eigenvalue weighted by molar-refractivity contribution is 0.217. The van der Waals surface area contributed by atoms with Crippen molar-refractivity contribution in [1.82, 2.24) is 15.1 Å². The van der Waals surface area contributed by atoms with Crippen LogP contribution >= 0.6 is 11.3 Å². The van der Waals surface area contributed by atoms with Crippen molar-refractivity contribution in [1.29, 1.82) is 0 Å². The quantitative estimate of drug-likeness (QED) is 0.851. The highest BCUT2D eigenvalue weighted by molar-refractivity contribution is 7.92. The summed E-state index contributed by atoms with van der Waals surface area (Å²) in [7, 11) is -2.91. The standard InChI is InChI=1S/C14H17N3O3S2/c1-9(13-15-16-14(20-13)11-3-2-5-21-11)17-7-10-4-6-22(18,19)12(10)8-17/h2-3,5,9-10,12H,4,6-8H2,1H3/t9?,10-,12+/m0/s1. The Bertz CT molecular complexity index is 769. The van der Waals surface area contributed by atoms with Crippen molar-refractivity contribution in [3.05, 3.63) is 23.4 Å². The number of fused-ring (bicyclic) bond motifs is 1.